The van der Waals surface area contributed by atoms with E-state index in [0.717, 1.165) is 12.1 Å². The summed E-state index contributed by atoms with van der Waals surface area (Å²) >= 11 is 4.95. The summed E-state index contributed by atoms with van der Waals surface area (Å²) in [7, 11) is 0. The van der Waals surface area contributed by atoms with Crippen molar-refractivity contribution < 1.29 is 0 Å². The van der Waals surface area contributed by atoms with Gasteiger partial charge in [-0.15, -0.1) is 0 Å². The van der Waals surface area contributed by atoms with Crippen LogP contribution in [0.25, 0.3) is 0 Å². The van der Waals surface area contributed by atoms with Crippen molar-refractivity contribution in [3.8, 4) is 0 Å². The van der Waals surface area contributed by atoms with Crippen LogP contribution in [-0.4, -0.2) is 22.5 Å². The van der Waals surface area contributed by atoms with Crippen LogP contribution >= 0.6 is 12.2 Å². The number of thiocarbonyl (C=S) groups is 1. The highest BCUT2D eigenvalue weighted by Gasteiger charge is 2.17. The van der Waals surface area contributed by atoms with Crippen LogP contribution in [0, 0.1) is 0 Å². The van der Waals surface area contributed by atoms with Gasteiger partial charge in [0.2, 0.25) is 0 Å². The Hall–Kier alpha value is -0.930. The van der Waals surface area contributed by atoms with Gasteiger partial charge in [0.05, 0.1) is 0 Å². The lowest BCUT2D eigenvalue weighted by atomic mass is 10.0. The molecule has 0 aromatic heterocycles. The minimum Gasteiger partial charge on any atom is -0.389 e. The van der Waals surface area contributed by atoms with Gasteiger partial charge in [0.15, 0.2) is 0 Å². The Morgan fingerprint density at radius 2 is 2.06 bits per heavy atom. The van der Waals surface area contributed by atoms with Gasteiger partial charge in [-0.05, 0) is 31.9 Å². The molecular weight excluding hydrogens is 228 g/mol. The highest BCUT2D eigenvalue weighted by atomic mass is 32.1. The molecule has 0 spiro atoms. The van der Waals surface area contributed by atoms with E-state index in [1.54, 1.807) is 0 Å². The number of rotatable bonds is 3. The van der Waals surface area contributed by atoms with E-state index in [1.807, 2.05) is 12.1 Å². The van der Waals surface area contributed by atoms with Crippen molar-refractivity contribution in [2.24, 2.45) is 5.73 Å². The first kappa shape index (κ1) is 12.5. The molecule has 2 N–H and O–H groups in total. The van der Waals surface area contributed by atoms with Gasteiger partial charge in [0, 0.05) is 18.2 Å². The summed E-state index contributed by atoms with van der Waals surface area (Å²) in [6, 6.07) is 9.02. The van der Waals surface area contributed by atoms with Gasteiger partial charge in [0.25, 0.3) is 0 Å². The van der Waals surface area contributed by atoms with Gasteiger partial charge in [-0.25, -0.2) is 0 Å². The zero-order valence-corrected chi connectivity index (χ0v) is 11.2. The van der Waals surface area contributed by atoms with E-state index in [2.05, 4.69) is 24.0 Å². The SMILES string of the molecule is CC1CCCCN1Cc1ccc(C(N)=S)cc1. The highest BCUT2D eigenvalue weighted by molar-refractivity contribution is 7.80. The first-order valence-corrected chi connectivity index (χ1v) is 6.70. The summed E-state index contributed by atoms with van der Waals surface area (Å²) in [6.07, 6.45) is 4.03. The molecule has 1 aliphatic rings. The van der Waals surface area contributed by atoms with Gasteiger partial charge in [-0.3, -0.25) is 4.90 Å². The Balaban J connectivity index is 2.00. The van der Waals surface area contributed by atoms with E-state index in [0.29, 0.717) is 11.0 Å². The van der Waals surface area contributed by atoms with Gasteiger partial charge < -0.3 is 5.73 Å². The Labute approximate surface area is 109 Å². The Bertz CT molecular complexity index is 386. The number of hydrogen-bond acceptors (Lipinski definition) is 2. The summed E-state index contributed by atoms with van der Waals surface area (Å²) < 4.78 is 0. The molecule has 1 aromatic rings. The number of likely N-dealkylation sites (tertiary alicyclic amines) is 1. The first-order chi connectivity index (χ1) is 8.16. The maximum Gasteiger partial charge on any atom is 0.103 e. The van der Waals surface area contributed by atoms with Crippen molar-refractivity contribution in [1.82, 2.24) is 4.90 Å². The quantitative estimate of drug-likeness (QED) is 0.834. The van der Waals surface area contributed by atoms with Crippen LogP contribution in [0.15, 0.2) is 24.3 Å². The molecule has 1 aromatic carbocycles. The van der Waals surface area contributed by atoms with Crippen LogP contribution < -0.4 is 5.73 Å². The smallest absolute Gasteiger partial charge is 0.103 e. The van der Waals surface area contributed by atoms with Crippen LogP contribution in [-0.2, 0) is 6.54 Å². The molecule has 1 heterocycles. The molecular formula is C14H20N2S. The molecule has 17 heavy (non-hydrogen) atoms. The fourth-order valence-corrected chi connectivity index (χ4v) is 2.54. The maximum absolute atomic E-state index is 5.59. The molecule has 0 radical (unpaired) electrons. The largest absolute Gasteiger partial charge is 0.389 e. The predicted molar refractivity (Wildman–Crippen MR) is 76.1 cm³/mol. The van der Waals surface area contributed by atoms with Crippen LogP contribution in [0.1, 0.15) is 37.3 Å². The van der Waals surface area contributed by atoms with Crippen LogP contribution in [0.2, 0.25) is 0 Å². The Morgan fingerprint density at radius 3 is 2.65 bits per heavy atom. The van der Waals surface area contributed by atoms with Crippen molar-refractivity contribution >= 4 is 17.2 Å². The third kappa shape index (κ3) is 3.27. The van der Waals surface area contributed by atoms with Crippen molar-refractivity contribution in [2.45, 2.75) is 38.8 Å². The summed E-state index contributed by atoms with van der Waals surface area (Å²) in [5, 5.41) is 0. The molecule has 1 atom stereocenters. The summed E-state index contributed by atoms with van der Waals surface area (Å²) in [5.41, 5.74) is 7.89. The van der Waals surface area contributed by atoms with Gasteiger partial charge >= 0.3 is 0 Å². The van der Waals surface area contributed by atoms with Crippen LogP contribution in [0.3, 0.4) is 0 Å². The van der Waals surface area contributed by atoms with Crippen molar-refractivity contribution in [3.63, 3.8) is 0 Å². The zero-order chi connectivity index (χ0) is 12.3. The monoisotopic (exact) mass is 248 g/mol. The topological polar surface area (TPSA) is 29.3 Å². The predicted octanol–water partition coefficient (Wildman–Crippen LogP) is 2.70. The maximum atomic E-state index is 5.59. The van der Waals surface area contributed by atoms with E-state index in [1.165, 1.54) is 31.4 Å². The van der Waals surface area contributed by atoms with E-state index in [9.17, 15) is 0 Å². The molecule has 3 heteroatoms. The second-order valence-corrected chi connectivity index (χ2v) is 5.32. The van der Waals surface area contributed by atoms with Gasteiger partial charge in [-0.1, -0.05) is 42.9 Å². The average molecular weight is 248 g/mol. The summed E-state index contributed by atoms with van der Waals surface area (Å²) in [4.78, 5) is 3.03. The van der Waals surface area contributed by atoms with E-state index >= 15 is 0 Å². The molecule has 2 rings (SSSR count). The van der Waals surface area contributed by atoms with E-state index in [4.69, 9.17) is 18.0 Å². The number of nitrogens with zero attached hydrogens (tertiary/aromatic N) is 1. The van der Waals surface area contributed by atoms with Crippen LogP contribution in [0.4, 0.5) is 0 Å². The standard InChI is InChI=1S/C14H20N2S/c1-11-4-2-3-9-16(11)10-12-5-7-13(8-6-12)14(15)17/h5-8,11H,2-4,9-10H2,1H3,(H2,15,17). The lowest BCUT2D eigenvalue weighted by molar-refractivity contribution is 0.152. The number of hydrogen-bond donors (Lipinski definition) is 1. The minimum atomic E-state index is 0.475. The second kappa shape index (κ2) is 5.61. The molecule has 1 aliphatic heterocycles. The minimum absolute atomic E-state index is 0.475. The summed E-state index contributed by atoms with van der Waals surface area (Å²) in [5.74, 6) is 0. The van der Waals surface area contributed by atoms with Crippen molar-refractivity contribution in [1.29, 1.82) is 0 Å². The van der Waals surface area contributed by atoms with Crippen molar-refractivity contribution in [2.75, 3.05) is 6.54 Å². The molecule has 0 amide bonds. The second-order valence-electron chi connectivity index (χ2n) is 4.88. The number of nitrogens with two attached hydrogens (primary N) is 1. The molecule has 92 valence electrons. The Morgan fingerprint density at radius 1 is 1.35 bits per heavy atom. The third-order valence-corrected chi connectivity index (χ3v) is 3.80. The third-order valence-electron chi connectivity index (χ3n) is 3.56. The highest BCUT2D eigenvalue weighted by Crippen LogP contribution is 2.19. The molecule has 1 fully saturated rings. The Kier molecular flexibility index (Phi) is 4.13. The van der Waals surface area contributed by atoms with Crippen LogP contribution in [0.5, 0.6) is 0 Å². The van der Waals surface area contributed by atoms with Gasteiger partial charge in [-0.2, -0.15) is 0 Å². The summed E-state index contributed by atoms with van der Waals surface area (Å²) in [6.45, 7) is 4.58. The van der Waals surface area contributed by atoms with E-state index < -0.39 is 0 Å². The zero-order valence-electron chi connectivity index (χ0n) is 10.4. The lowest BCUT2D eigenvalue weighted by Crippen LogP contribution is -2.36. The number of benzene rings is 1. The molecule has 1 unspecified atom stereocenters. The average Bonchev–Trinajstić information content (AvgIpc) is 2.33. The van der Waals surface area contributed by atoms with Crippen molar-refractivity contribution in [3.05, 3.63) is 35.4 Å². The fourth-order valence-electron chi connectivity index (χ4n) is 2.40. The molecule has 2 nitrogen and oxygen atoms in total. The first-order valence-electron chi connectivity index (χ1n) is 6.29. The molecule has 0 saturated carbocycles. The molecule has 0 aliphatic carbocycles. The lowest BCUT2D eigenvalue weighted by Gasteiger charge is -2.33. The van der Waals surface area contributed by atoms with Gasteiger partial charge in [0.1, 0.15) is 4.99 Å². The molecule has 0 bridgehead atoms. The molecule has 1 saturated heterocycles. The van der Waals surface area contributed by atoms with E-state index in [-0.39, 0.29) is 0 Å². The normalized spacial score (nSPS) is 21.4. The number of piperidine rings is 1. The fraction of sp³-hybridized carbons (Fsp3) is 0.500.